The van der Waals surface area contributed by atoms with E-state index in [1.807, 2.05) is 24.6 Å². The third-order valence-corrected chi connectivity index (χ3v) is 7.09. The zero-order chi connectivity index (χ0) is 32.3. The van der Waals surface area contributed by atoms with Crippen LogP contribution in [0.3, 0.4) is 0 Å². The number of rotatable bonds is 9. The Morgan fingerprint density at radius 1 is 0.756 bits per heavy atom. The lowest BCUT2D eigenvalue weighted by molar-refractivity contribution is 0.0692. The molecule has 1 amide bonds. The van der Waals surface area contributed by atoms with E-state index in [1.165, 1.54) is 41.9 Å². The molecule has 0 aliphatic rings. The van der Waals surface area contributed by atoms with Gasteiger partial charge in [-0.3, -0.25) is 4.79 Å². The van der Waals surface area contributed by atoms with Crippen LogP contribution in [0.1, 0.15) is 20.7 Å². The average molecular weight is 651 g/mol. The molecule has 2 aromatic carbocycles. The quantitative estimate of drug-likeness (QED) is 0.136. The fraction of sp³-hybridized carbons (Fsp3) is 0.0645. The first kappa shape index (κ1) is 32.7. The van der Waals surface area contributed by atoms with Gasteiger partial charge in [-0.2, -0.15) is 0 Å². The van der Waals surface area contributed by atoms with Crippen molar-refractivity contribution in [1.82, 2.24) is 15.0 Å². The van der Waals surface area contributed by atoms with Crippen LogP contribution in [0, 0.1) is 11.6 Å². The van der Waals surface area contributed by atoms with E-state index in [1.54, 1.807) is 36.4 Å². The first-order chi connectivity index (χ1) is 21.7. The van der Waals surface area contributed by atoms with E-state index >= 15 is 0 Å². The summed E-state index contributed by atoms with van der Waals surface area (Å²) >= 11 is 3.06. The predicted octanol–water partition coefficient (Wildman–Crippen LogP) is 7.52. The van der Waals surface area contributed by atoms with Crippen LogP contribution in [0.5, 0.6) is 29.0 Å². The van der Waals surface area contributed by atoms with Gasteiger partial charge in [0.2, 0.25) is 11.8 Å². The number of ether oxygens (including phenoxy) is 2. The monoisotopic (exact) mass is 650 g/mol. The molecule has 0 aliphatic carbocycles. The van der Waals surface area contributed by atoms with E-state index < -0.39 is 23.5 Å². The number of carbonyl (C=O) groups is 2. The van der Waals surface area contributed by atoms with Crippen LogP contribution in [-0.2, 0) is 0 Å². The van der Waals surface area contributed by atoms with Crippen molar-refractivity contribution in [3.8, 4) is 29.0 Å². The molecule has 5 rings (SSSR count). The summed E-state index contributed by atoms with van der Waals surface area (Å²) in [5.74, 6) is -2.93. The smallest absolute Gasteiger partial charge is 0.341 e. The van der Waals surface area contributed by atoms with Gasteiger partial charge in [0.05, 0.1) is 12.4 Å². The largest absolute Gasteiger partial charge is 0.504 e. The highest BCUT2D eigenvalue weighted by Gasteiger charge is 2.19. The van der Waals surface area contributed by atoms with Crippen molar-refractivity contribution in [2.24, 2.45) is 0 Å². The maximum absolute atomic E-state index is 13.6. The van der Waals surface area contributed by atoms with Gasteiger partial charge in [-0.15, -0.1) is 23.5 Å². The third-order valence-electron chi connectivity index (χ3n) is 5.64. The SMILES string of the molecule is CSc1cccc(Oc2ncc(F)cc2C(=O)Nc2ncccc2O)c1.CSc1cccc(Oc2ncc(F)cc2C(=O)O)c1. The number of nitrogens with zero attached hydrogens (tertiary/aromatic N) is 3. The van der Waals surface area contributed by atoms with Gasteiger partial charge in [0, 0.05) is 16.0 Å². The Hall–Kier alpha value is -5.21. The minimum Gasteiger partial charge on any atom is -0.504 e. The van der Waals surface area contributed by atoms with Crippen molar-refractivity contribution in [2.75, 3.05) is 17.8 Å². The molecule has 0 unspecified atom stereocenters. The van der Waals surface area contributed by atoms with E-state index in [9.17, 15) is 23.5 Å². The number of thioether (sulfide) groups is 2. The molecule has 5 aromatic rings. The fourth-order valence-corrected chi connectivity index (χ4v) is 4.45. The molecular formula is C31H24F2N4O6S2. The van der Waals surface area contributed by atoms with Crippen molar-refractivity contribution in [3.05, 3.63) is 114 Å². The topological polar surface area (TPSA) is 144 Å². The van der Waals surface area contributed by atoms with Crippen molar-refractivity contribution >= 4 is 41.2 Å². The number of carbonyl (C=O) groups excluding carboxylic acids is 1. The number of aromatic nitrogens is 3. The predicted molar refractivity (Wildman–Crippen MR) is 166 cm³/mol. The number of halogens is 2. The van der Waals surface area contributed by atoms with Crippen LogP contribution in [0.25, 0.3) is 0 Å². The van der Waals surface area contributed by atoms with Crippen molar-refractivity contribution in [3.63, 3.8) is 0 Å². The number of pyridine rings is 3. The normalized spacial score (nSPS) is 10.3. The molecule has 14 heteroatoms. The highest BCUT2D eigenvalue weighted by Crippen LogP contribution is 2.29. The molecule has 45 heavy (non-hydrogen) atoms. The molecule has 0 aliphatic heterocycles. The summed E-state index contributed by atoms with van der Waals surface area (Å²) < 4.78 is 37.7. The Morgan fingerprint density at radius 3 is 1.80 bits per heavy atom. The van der Waals surface area contributed by atoms with Crippen LogP contribution in [-0.4, -0.2) is 49.6 Å². The van der Waals surface area contributed by atoms with Crippen molar-refractivity contribution in [1.29, 1.82) is 0 Å². The van der Waals surface area contributed by atoms with E-state index in [2.05, 4.69) is 20.3 Å². The molecule has 0 saturated carbocycles. The molecular weight excluding hydrogens is 626 g/mol. The summed E-state index contributed by atoms with van der Waals surface area (Å²) in [6.45, 7) is 0. The lowest BCUT2D eigenvalue weighted by atomic mass is 10.2. The van der Waals surface area contributed by atoms with Gasteiger partial charge in [0.1, 0.15) is 34.3 Å². The number of aromatic hydroxyl groups is 1. The van der Waals surface area contributed by atoms with E-state index in [-0.39, 0.29) is 34.5 Å². The summed E-state index contributed by atoms with van der Waals surface area (Å²) in [5, 5.41) is 21.1. The Bertz CT molecular complexity index is 1830. The first-order valence-electron chi connectivity index (χ1n) is 12.8. The minimum atomic E-state index is -1.29. The number of nitrogens with one attached hydrogen (secondary N) is 1. The zero-order valence-corrected chi connectivity index (χ0v) is 25.2. The first-order valence-corrected chi connectivity index (χ1v) is 15.2. The fourth-order valence-electron chi connectivity index (χ4n) is 3.55. The molecule has 10 nitrogen and oxygen atoms in total. The van der Waals surface area contributed by atoms with Gasteiger partial charge in [-0.1, -0.05) is 12.1 Å². The number of amides is 1. The van der Waals surface area contributed by atoms with E-state index in [0.29, 0.717) is 11.5 Å². The molecule has 0 radical (unpaired) electrons. The number of hydrogen-bond donors (Lipinski definition) is 3. The second-order valence-electron chi connectivity index (χ2n) is 8.70. The average Bonchev–Trinajstić information content (AvgIpc) is 3.04. The standard InChI is InChI=1S/C18H14FN3O3S.C13H10FNO3S/c1-26-13-5-2-4-12(9-13)25-18-14(8-11(19)10-21-18)17(24)22-16-15(23)6-3-7-20-16;1-19-10-4-2-3-9(6-10)18-12-11(13(16)17)5-8(14)7-15-12/h2-10,23H,1H3,(H,20,22,24);2-7H,1H3,(H,16,17). The third kappa shape index (κ3) is 9.14. The maximum Gasteiger partial charge on any atom is 0.341 e. The molecule has 3 aromatic heterocycles. The van der Waals surface area contributed by atoms with Crippen molar-refractivity contribution in [2.45, 2.75) is 9.79 Å². The molecule has 0 fully saturated rings. The van der Waals surface area contributed by atoms with E-state index in [4.69, 9.17) is 14.6 Å². The number of carboxylic acids is 1. The van der Waals surface area contributed by atoms with Crippen LogP contribution >= 0.6 is 23.5 Å². The van der Waals surface area contributed by atoms with E-state index in [0.717, 1.165) is 34.3 Å². The molecule has 0 saturated heterocycles. The second-order valence-corrected chi connectivity index (χ2v) is 10.5. The molecule has 230 valence electrons. The number of anilines is 1. The lowest BCUT2D eigenvalue weighted by Gasteiger charge is -2.11. The van der Waals surface area contributed by atoms with Gasteiger partial charge in [0.15, 0.2) is 11.6 Å². The van der Waals surface area contributed by atoms with Gasteiger partial charge >= 0.3 is 5.97 Å². The summed E-state index contributed by atoms with van der Waals surface area (Å²) in [4.78, 5) is 36.8. The number of benzene rings is 2. The second kappa shape index (κ2) is 15.5. The Kier molecular flexibility index (Phi) is 11.3. The van der Waals surface area contributed by atoms with Crippen LogP contribution in [0.4, 0.5) is 14.6 Å². The molecule has 3 N–H and O–H groups in total. The van der Waals surface area contributed by atoms with Gasteiger partial charge in [-0.05, 0) is 73.2 Å². The summed E-state index contributed by atoms with van der Waals surface area (Å²) in [7, 11) is 0. The highest BCUT2D eigenvalue weighted by atomic mass is 32.2. The Labute approximate surface area is 264 Å². The Balaban J connectivity index is 0.000000215. The lowest BCUT2D eigenvalue weighted by Crippen LogP contribution is -2.15. The summed E-state index contributed by atoms with van der Waals surface area (Å²) in [6.07, 6.45) is 7.12. The summed E-state index contributed by atoms with van der Waals surface area (Å²) in [5.41, 5.74) is -0.431. The summed E-state index contributed by atoms with van der Waals surface area (Å²) in [6, 6.07) is 19.1. The minimum absolute atomic E-state index is 0.0444. The molecule has 0 bridgehead atoms. The Morgan fingerprint density at radius 2 is 1.29 bits per heavy atom. The zero-order valence-electron chi connectivity index (χ0n) is 23.6. The maximum atomic E-state index is 13.6. The number of hydrogen-bond acceptors (Lipinski definition) is 10. The van der Waals surface area contributed by atoms with Gasteiger partial charge < -0.3 is 25.0 Å². The number of aromatic carboxylic acids is 1. The number of carboxylic acid groups (broad SMARTS) is 1. The molecule has 0 spiro atoms. The van der Waals surface area contributed by atoms with Crippen LogP contribution in [0.2, 0.25) is 0 Å². The van der Waals surface area contributed by atoms with Crippen molar-refractivity contribution < 1.29 is 38.1 Å². The molecule has 3 heterocycles. The van der Waals surface area contributed by atoms with Gasteiger partial charge in [0.25, 0.3) is 5.91 Å². The van der Waals surface area contributed by atoms with Crippen LogP contribution in [0.15, 0.2) is 101 Å². The highest BCUT2D eigenvalue weighted by molar-refractivity contribution is 7.98. The molecule has 0 atom stereocenters. The van der Waals surface area contributed by atoms with Gasteiger partial charge in [-0.25, -0.2) is 28.5 Å². The van der Waals surface area contributed by atoms with Crippen LogP contribution < -0.4 is 14.8 Å².